The smallest absolute Gasteiger partial charge is 0.387 e. The number of nitrogen functional groups attached to an aromatic ring is 1. The molecule has 0 radical (unpaired) electrons. The van der Waals surface area contributed by atoms with Crippen LogP contribution in [-0.4, -0.2) is 78.3 Å². The van der Waals surface area contributed by atoms with Gasteiger partial charge in [0.05, 0.1) is 18.9 Å². The molecule has 4 N–H and O–H groups in total. The maximum atomic E-state index is 13.5. The van der Waals surface area contributed by atoms with Gasteiger partial charge in [-0.3, -0.25) is 23.2 Å². The number of hydrogen-bond donors (Lipinski definition) is 3. The maximum absolute atomic E-state index is 13.5. The van der Waals surface area contributed by atoms with Crippen molar-refractivity contribution < 1.29 is 42.7 Å². The SMILES string of the molecule is CC(C)(C)C(=O)SCCOP(=O)(OCSC(=O)C(C)(C)C)OC[C@H]1O[C@@](C#N)(c2ccc3c(N)ncnn23)[C@H](O)[C@@H]1O. The molecule has 3 rings (SSSR count). The molecule has 2 aromatic rings. The van der Waals surface area contributed by atoms with E-state index >= 15 is 0 Å². The van der Waals surface area contributed by atoms with Crippen LogP contribution in [0.4, 0.5) is 5.82 Å². The number of fused-ring (bicyclic) bond motifs is 1. The Morgan fingerprint density at radius 1 is 1.14 bits per heavy atom. The van der Waals surface area contributed by atoms with Crippen LogP contribution in [0, 0.1) is 22.2 Å². The van der Waals surface area contributed by atoms with Crippen LogP contribution in [0.25, 0.3) is 5.52 Å². The van der Waals surface area contributed by atoms with Crippen molar-refractivity contribution >= 4 is 52.9 Å². The number of hydrogen-bond acceptors (Lipinski definition) is 15. The van der Waals surface area contributed by atoms with Gasteiger partial charge < -0.3 is 20.7 Å². The van der Waals surface area contributed by atoms with Crippen molar-refractivity contribution in [3.63, 3.8) is 0 Å². The molecule has 1 aliphatic rings. The van der Waals surface area contributed by atoms with Crippen molar-refractivity contribution in [3.8, 4) is 6.07 Å². The summed E-state index contributed by atoms with van der Waals surface area (Å²) in [5.74, 6) is -0.0959. The first-order chi connectivity index (χ1) is 19.4. The van der Waals surface area contributed by atoms with Crippen LogP contribution in [-0.2, 0) is 38.1 Å². The van der Waals surface area contributed by atoms with Crippen molar-refractivity contribution in [3.05, 3.63) is 24.2 Å². The van der Waals surface area contributed by atoms with Crippen LogP contribution in [0.15, 0.2) is 18.5 Å². The molecule has 1 unspecified atom stereocenters. The number of anilines is 1. The Balaban J connectivity index is 1.75. The third-order valence-corrected chi connectivity index (χ3v) is 10.0. The molecule has 0 aliphatic carbocycles. The second kappa shape index (κ2) is 13.3. The largest absolute Gasteiger partial charge is 0.475 e. The summed E-state index contributed by atoms with van der Waals surface area (Å²) in [6.07, 6.45) is -3.60. The Morgan fingerprint density at radius 3 is 2.40 bits per heavy atom. The fraction of sp³-hybridized carbons (Fsp3) is 0.640. The summed E-state index contributed by atoms with van der Waals surface area (Å²) in [6, 6.07) is 4.90. The van der Waals surface area contributed by atoms with Crippen LogP contribution in [0.1, 0.15) is 47.2 Å². The van der Waals surface area contributed by atoms with Gasteiger partial charge in [0, 0.05) is 16.6 Å². The molecule has 1 fully saturated rings. The lowest BCUT2D eigenvalue weighted by molar-refractivity contribution is -0.118. The van der Waals surface area contributed by atoms with Crippen LogP contribution >= 0.6 is 31.3 Å². The summed E-state index contributed by atoms with van der Waals surface area (Å²) < 4.78 is 36.9. The highest BCUT2D eigenvalue weighted by Gasteiger charge is 2.58. The minimum absolute atomic E-state index is 0.0801. The molecular weight excluding hydrogens is 609 g/mol. The number of aliphatic hydroxyl groups excluding tert-OH is 2. The summed E-state index contributed by atoms with van der Waals surface area (Å²) in [6.45, 7) is 9.65. The quantitative estimate of drug-likeness (QED) is 0.182. The average Bonchev–Trinajstić information content (AvgIpc) is 3.45. The van der Waals surface area contributed by atoms with Gasteiger partial charge in [0.1, 0.15) is 42.2 Å². The van der Waals surface area contributed by atoms with Crippen LogP contribution < -0.4 is 5.73 Å². The van der Waals surface area contributed by atoms with E-state index in [9.17, 15) is 29.6 Å². The first-order valence-electron chi connectivity index (χ1n) is 12.9. The van der Waals surface area contributed by atoms with E-state index in [4.69, 9.17) is 24.0 Å². The molecule has 232 valence electrons. The predicted molar refractivity (Wildman–Crippen MR) is 156 cm³/mol. The Morgan fingerprint density at radius 2 is 1.79 bits per heavy atom. The van der Waals surface area contributed by atoms with Gasteiger partial charge in [-0.25, -0.2) is 14.1 Å². The summed E-state index contributed by atoms with van der Waals surface area (Å²) >= 11 is 1.77. The number of rotatable bonds is 11. The zero-order valence-corrected chi connectivity index (χ0v) is 26.7. The Hall–Kier alpha value is -2.06. The minimum Gasteiger partial charge on any atom is -0.387 e. The molecular formula is C25H36N5O9PS2. The fourth-order valence-corrected chi connectivity index (χ4v) is 6.73. The highest BCUT2D eigenvalue weighted by Crippen LogP contribution is 2.51. The number of phosphoric ester groups is 1. The molecule has 0 aromatic carbocycles. The van der Waals surface area contributed by atoms with Gasteiger partial charge >= 0.3 is 7.82 Å². The van der Waals surface area contributed by atoms with Gasteiger partial charge in [-0.05, 0) is 12.1 Å². The normalized spacial score (nSPS) is 24.4. The molecule has 0 spiro atoms. The molecule has 0 amide bonds. The highest BCUT2D eigenvalue weighted by atomic mass is 32.2. The van der Waals surface area contributed by atoms with Crippen molar-refractivity contribution in [2.45, 2.75) is 65.5 Å². The number of nitriles is 1. The third-order valence-electron chi connectivity index (χ3n) is 6.08. The van der Waals surface area contributed by atoms with Crippen LogP contribution in [0.5, 0.6) is 0 Å². The minimum atomic E-state index is -4.38. The number of thioether (sulfide) groups is 2. The van der Waals surface area contributed by atoms with Gasteiger partial charge in [-0.2, -0.15) is 10.4 Å². The zero-order valence-electron chi connectivity index (χ0n) is 24.2. The molecule has 2 aromatic heterocycles. The van der Waals surface area contributed by atoms with Crippen molar-refractivity contribution in [1.82, 2.24) is 14.6 Å². The lowest BCUT2D eigenvalue weighted by atomic mass is 9.92. The molecule has 0 saturated carbocycles. The number of nitrogens with two attached hydrogens (primary N) is 1. The summed E-state index contributed by atoms with van der Waals surface area (Å²) in [7, 11) is -4.38. The Labute approximate surface area is 252 Å². The van der Waals surface area contributed by atoms with Crippen molar-refractivity contribution in [2.75, 3.05) is 30.6 Å². The molecule has 1 saturated heterocycles. The number of ether oxygens (including phenoxy) is 1. The number of aromatic nitrogens is 3. The number of carbonyl (C=O) groups is 2. The lowest BCUT2D eigenvalue weighted by Crippen LogP contribution is -2.41. The Kier molecular flexibility index (Phi) is 10.9. The van der Waals surface area contributed by atoms with E-state index in [1.807, 2.05) is 6.07 Å². The van der Waals surface area contributed by atoms with E-state index in [0.29, 0.717) is 5.52 Å². The van der Waals surface area contributed by atoms with E-state index in [-0.39, 0.29) is 40.0 Å². The zero-order chi connectivity index (χ0) is 31.5. The van der Waals surface area contributed by atoms with Gasteiger partial charge in [-0.1, -0.05) is 65.1 Å². The van der Waals surface area contributed by atoms with Crippen molar-refractivity contribution in [2.24, 2.45) is 10.8 Å². The predicted octanol–water partition coefficient (Wildman–Crippen LogP) is 2.88. The van der Waals surface area contributed by atoms with Gasteiger partial charge in [0.15, 0.2) is 16.0 Å². The summed E-state index contributed by atoms with van der Waals surface area (Å²) in [4.78, 5) is 28.4. The standard InChI is InChI=1S/C25H36N5O9PS2/c1-23(2,3)21(33)41-10-9-36-40(35,38-14-42-22(34)24(4,5)6)37-11-16-18(31)19(32)25(12-26,39-16)17-8-7-15-20(27)28-13-29-30(15)17/h7-8,13,16,18-19,31-32H,9-11,14H2,1-6H3,(H2,27,28,29)/t16-,18-,19-,25+,40?/m1/s1. The molecule has 3 heterocycles. The van der Waals surface area contributed by atoms with Gasteiger partial charge in [0.25, 0.3) is 0 Å². The van der Waals surface area contributed by atoms with E-state index in [1.54, 1.807) is 41.5 Å². The summed E-state index contributed by atoms with van der Waals surface area (Å²) in [5, 5.41) is 35.6. The fourth-order valence-electron chi connectivity index (χ4n) is 3.69. The Bertz CT molecular complexity index is 1390. The molecule has 0 bridgehead atoms. The van der Waals surface area contributed by atoms with Gasteiger partial charge in [0.2, 0.25) is 5.60 Å². The molecule has 42 heavy (non-hydrogen) atoms. The average molecular weight is 646 g/mol. The number of aliphatic hydroxyl groups is 2. The number of phosphoric acid groups is 1. The number of nitrogens with zero attached hydrogens (tertiary/aromatic N) is 4. The first-order valence-corrected chi connectivity index (χ1v) is 16.3. The van der Waals surface area contributed by atoms with E-state index in [1.165, 1.54) is 16.6 Å². The van der Waals surface area contributed by atoms with E-state index < -0.39 is 49.2 Å². The molecule has 1 aliphatic heterocycles. The second-order valence-corrected chi connectivity index (χ2v) is 15.1. The molecule has 5 atom stereocenters. The van der Waals surface area contributed by atoms with E-state index in [0.717, 1.165) is 29.9 Å². The first kappa shape index (κ1) is 34.4. The topological polar surface area (TPSA) is 209 Å². The summed E-state index contributed by atoms with van der Waals surface area (Å²) in [5.41, 5.74) is 2.95. The van der Waals surface area contributed by atoms with Gasteiger partial charge in [-0.15, -0.1) is 0 Å². The maximum Gasteiger partial charge on any atom is 0.475 e. The van der Waals surface area contributed by atoms with E-state index in [2.05, 4.69) is 10.1 Å². The monoisotopic (exact) mass is 645 g/mol. The van der Waals surface area contributed by atoms with Crippen LogP contribution in [0.3, 0.4) is 0 Å². The van der Waals surface area contributed by atoms with Crippen LogP contribution in [0.2, 0.25) is 0 Å². The third kappa shape index (κ3) is 7.71. The molecule has 17 heteroatoms. The van der Waals surface area contributed by atoms with Crippen molar-refractivity contribution in [1.29, 1.82) is 5.26 Å². The number of carbonyl (C=O) groups excluding carboxylic acids is 2. The molecule has 14 nitrogen and oxygen atoms in total. The second-order valence-electron chi connectivity index (χ2n) is 11.5. The highest BCUT2D eigenvalue weighted by molar-refractivity contribution is 8.14. The lowest BCUT2D eigenvalue weighted by Gasteiger charge is -2.24.